The second-order valence-corrected chi connectivity index (χ2v) is 30.5. The van der Waals surface area contributed by atoms with Gasteiger partial charge >= 0.3 is 0 Å². The van der Waals surface area contributed by atoms with Crippen LogP contribution in [0, 0.1) is 13.8 Å². The van der Waals surface area contributed by atoms with Crippen molar-refractivity contribution in [2.75, 3.05) is 23.9 Å². The molecule has 0 heterocycles. The zero-order valence-electron chi connectivity index (χ0n) is 61.8. The Morgan fingerprint density at radius 2 is 0.510 bits per heavy atom. The topological polar surface area (TPSA) is 6.48 Å². The molecular formula is C96H118N2. The van der Waals surface area contributed by atoms with Crippen molar-refractivity contribution in [3.63, 3.8) is 0 Å². The van der Waals surface area contributed by atoms with E-state index in [1.165, 1.54) is 317 Å². The average molecular weight is 1300 g/mol. The van der Waals surface area contributed by atoms with E-state index in [0.29, 0.717) is 0 Å². The number of hydrogen-bond donors (Lipinski definition) is 0. The maximum atomic E-state index is 2.59. The van der Waals surface area contributed by atoms with Crippen LogP contribution in [0.4, 0.5) is 22.7 Å². The summed E-state index contributed by atoms with van der Waals surface area (Å²) in [5, 5.41) is 0. The van der Waals surface area contributed by atoms with Crippen molar-refractivity contribution >= 4 is 22.7 Å². The van der Waals surface area contributed by atoms with Crippen LogP contribution in [0.5, 0.6) is 0 Å². The van der Waals surface area contributed by atoms with Gasteiger partial charge < -0.3 is 9.80 Å². The van der Waals surface area contributed by atoms with Crippen molar-refractivity contribution < 1.29 is 0 Å². The molecule has 0 aromatic heterocycles. The van der Waals surface area contributed by atoms with Crippen molar-refractivity contribution in [2.24, 2.45) is 0 Å². The molecule has 0 saturated heterocycles. The first kappa shape index (κ1) is 70.4. The van der Waals surface area contributed by atoms with Gasteiger partial charge in [0.05, 0.1) is 0 Å². The normalized spacial score (nSPS) is 13.8. The summed E-state index contributed by atoms with van der Waals surface area (Å²) in [6.45, 7) is 13.9. The molecule has 0 N–H and O–H groups in total. The molecule has 9 aromatic rings. The van der Waals surface area contributed by atoms with Gasteiger partial charge in [-0.05, 0) is 220 Å². The quantitative estimate of drug-likeness (QED) is 0.0365. The van der Waals surface area contributed by atoms with E-state index < -0.39 is 0 Å². The highest BCUT2D eigenvalue weighted by atomic mass is 15.1. The van der Waals surface area contributed by atoms with Gasteiger partial charge in [-0.1, -0.05) is 320 Å². The SMILES string of the molecule is CCCCCCCCC1(CCCCCCCC)c2cc(C)ccc2-c2ccc(-c3ccc(N(C)c4ccc(-c5ccc6c(c5)CC6)cc4)cc3)cc21.CCCCCCCCC1(CCCCCCCC)c2cc(C)ccc2-c2ccc(N(C)c3ccc(-c4ccc5c(c4)CC5)cc3)cc21. The zero-order chi connectivity index (χ0) is 67.9. The van der Waals surface area contributed by atoms with E-state index in [1.54, 1.807) is 22.3 Å². The summed E-state index contributed by atoms with van der Waals surface area (Å²) in [7, 11) is 4.43. The standard InChI is InChI=1S/C51H61N.C45H57N/c1-5-7-9-11-13-15-33-51(34-16-14-12-10-8-6-2)49-35-38(3)17-31-47(49)48-32-26-44(37-50(48)51)41-24-29-46(30-25-41)52(4)45-27-22-40(23-28-45)43-21-19-39-18-20-42(39)36-43;1-5-7-9-11-13-15-29-45(30-16-14-12-10-8-6-2)43-31-34(3)17-27-41(43)42-28-26-40(33-44(42)45)46(4)39-24-22-36(23-25-39)38-21-19-35-18-20-37(35)32-38/h17,19,21-32,35-37H,5-16,18,20,33-34H2,1-4H3;17,19,21-28,31-33H,5-16,18,20,29-30H2,1-4H3. The third-order valence-corrected chi connectivity index (χ3v) is 23.7. The molecule has 0 aliphatic heterocycles. The van der Waals surface area contributed by atoms with Crippen molar-refractivity contribution in [2.45, 2.75) is 258 Å². The predicted molar refractivity (Wildman–Crippen MR) is 427 cm³/mol. The maximum Gasteiger partial charge on any atom is 0.0411 e. The molecule has 0 spiro atoms. The van der Waals surface area contributed by atoms with E-state index in [1.807, 2.05) is 0 Å². The summed E-state index contributed by atoms with van der Waals surface area (Å²) < 4.78 is 0. The summed E-state index contributed by atoms with van der Waals surface area (Å²) >= 11 is 0. The van der Waals surface area contributed by atoms with E-state index >= 15 is 0 Å². The average Bonchev–Trinajstić information content (AvgIpc) is 1.57. The highest BCUT2D eigenvalue weighted by Gasteiger charge is 2.44. The fourth-order valence-electron chi connectivity index (χ4n) is 17.4. The number of fused-ring (bicyclic) bond motifs is 8. The monoisotopic (exact) mass is 1300 g/mol. The molecule has 0 amide bonds. The minimum absolute atomic E-state index is 0.106. The Labute approximate surface area is 594 Å². The lowest BCUT2D eigenvalue weighted by molar-refractivity contribution is 0.397. The van der Waals surface area contributed by atoms with Gasteiger partial charge in [0.25, 0.3) is 0 Å². The molecular weight excluding hydrogens is 1180 g/mol. The molecule has 0 fully saturated rings. The Balaban J connectivity index is 0.000000188. The second-order valence-electron chi connectivity index (χ2n) is 30.5. The molecule has 0 atom stereocenters. The van der Waals surface area contributed by atoms with Crippen LogP contribution in [0.2, 0.25) is 0 Å². The molecule has 0 unspecified atom stereocenters. The smallest absolute Gasteiger partial charge is 0.0411 e. The molecule has 0 radical (unpaired) electrons. The van der Waals surface area contributed by atoms with E-state index in [9.17, 15) is 0 Å². The summed E-state index contributed by atoms with van der Waals surface area (Å²) in [4.78, 5) is 4.70. The van der Waals surface area contributed by atoms with Crippen molar-refractivity contribution in [1.29, 1.82) is 0 Å². The molecule has 512 valence electrons. The Kier molecular flexibility index (Phi) is 24.2. The van der Waals surface area contributed by atoms with Crippen molar-refractivity contribution in [3.05, 3.63) is 238 Å². The number of hydrogen-bond acceptors (Lipinski definition) is 2. The highest BCUT2D eigenvalue weighted by Crippen LogP contribution is 2.57. The molecule has 2 nitrogen and oxygen atoms in total. The largest absolute Gasteiger partial charge is 0.345 e. The minimum Gasteiger partial charge on any atom is -0.345 e. The summed E-state index contributed by atoms with van der Waals surface area (Å²) in [6.07, 6.45) is 42.4. The molecule has 2 heteroatoms. The number of anilines is 4. The van der Waals surface area contributed by atoms with Gasteiger partial charge in [-0.15, -0.1) is 0 Å². The van der Waals surface area contributed by atoms with Crippen LogP contribution >= 0.6 is 0 Å². The predicted octanol–water partition coefficient (Wildman–Crippen LogP) is 28.3. The van der Waals surface area contributed by atoms with E-state index in [-0.39, 0.29) is 10.8 Å². The van der Waals surface area contributed by atoms with Gasteiger partial charge in [-0.25, -0.2) is 0 Å². The van der Waals surface area contributed by atoms with E-state index in [2.05, 4.69) is 247 Å². The highest BCUT2D eigenvalue weighted by molar-refractivity contribution is 5.86. The van der Waals surface area contributed by atoms with Gasteiger partial charge in [0.2, 0.25) is 0 Å². The Morgan fingerprint density at radius 1 is 0.245 bits per heavy atom. The molecule has 0 saturated carbocycles. The van der Waals surface area contributed by atoms with Crippen LogP contribution < -0.4 is 9.80 Å². The first-order chi connectivity index (χ1) is 48.0. The van der Waals surface area contributed by atoms with Gasteiger partial charge in [0, 0.05) is 47.7 Å². The summed E-state index contributed by atoms with van der Waals surface area (Å²) in [5.74, 6) is 0. The molecule has 4 aliphatic rings. The molecule has 4 aliphatic carbocycles. The first-order valence-corrected chi connectivity index (χ1v) is 39.6. The first-order valence-electron chi connectivity index (χ1n) is 39.6. The summed E-state index contributed by atoms with van der Waals surface area (Å²) in [5.41, 5.74) is 34.2. The Morgan fingerprint density at radius 3 is 0.857 bits per heavy atom. The second kappa shape index (κ2) is 33.6. The lowest BCUT2D eigenvalue weighted by Gasteiger charge is -2.34. The third-order valence-electron chi connectivity index (χ3n) is 23.7. The Bertz CT molecular complexity index is 4010. The van der Waals surface area contributed by atoms with Crippen LogP contribution in [-0.4, -0.2) is 14.1 Å². The number of aryl methyl sites for hydroxylation is 6. The lowest BCUT2D eigenvalue weighted by Crippen LogP contribution is -2.26. The Hall–Kier alpha value is -7.42. The van der Waals surface area contributed by atoms with Crippen LogP contribution in [0.15, 0.2) is 182 Å². The van der Waals surface area contributed by atoms with Crippen molar-refractivity contribution in [1.82, 2.24) is 0 Å². The molecule has 13 rings (SSSR count). The van der Waals surface area contributed by atoms with Gasteiger partial charge in [-0.2, -0.15) is 0 Å². The minimum atomic E-state index is 0.106. The zero-order valence-corrected chi connectivity index (χ0v) is 61.8. The van der Waals surface area contributed by atoms with E-state index in [4.69, 9.17) is 0 Å². The number of benzene rings is 9. The lowest BCUT2D eigenvalue weighted by atomic mass is 9.70. The molecule has 9 aromatic carbocycles. The maximum absolute atomic E-state index is 2.59. The molecule has 0 bridgehead atoms. The van der Waals surface area contributed by atoms with Gasteiger partial charge in [0.1, 0.15) is 0 Å². The fourth-order valence-corrected chi connectivity index (χ4v) is 17.4. The van der Waals surface area contributed by atoms with E-state index in [0.717, 1.165) is 0 Å². The van der Waals surface area contributed by atoms with Gasteiger partial charge in [-0.3, -0.25) is 0 Å². The number of rotatable bonds is 35. The van der Waals surface area contributed by atoms with Crippen LogP contribution in [0.1, 0.15) is 263 Å². The molecule has 98 heavy (non-hydrogen) atoms. The van der Waals surface area contributed by atoms with Crippen LogP contribution in [-0.2, 0) is 36.5 Å². The van der Waals surface area contributed by atoms with Gasteiger partial charge in [0.15, 0.2) is 0 Å². The van der Waals surface area contributed by atoms with Crippen LogP contribution in [0.3, 0.4) is 0 Å². The fraction of sp³-hybridized carbons (Fsp3) is 0.438. The van der Waals surface area contributed by atoms with Crippen LogP contribution in [0.25, 0.3) is 55.6 Å². The van der Waals surface area contributed by atoms with Crippen molar-refractivity contribution in [3.8, 4) is 55.6 Å². The third kappa shape index (κ3) is 15.9. The number of unbranched alkanes of at least 4 members (excludes halogenated alkanes) is 20. The summed E-state index contributed by atoms with van der Waals surface area (Å²) in [6, 6.07) is 70.9. The number of nitrogens with zero attached hydrogens (tertiary/aromatic N) is 2.